The van der Waals surface area contributed by atoms with Gasteiger partial charge in [0.1, 0.15) is 0 Å². The first-order chi connectivity index (χ1) is 21.9. The van der Waals surface area contributed by atoms with E-state index < -0.39 is 0 Å². The van der Waals surface area contributed by atoms with Crippen LogP contribution in [0.2, 0.25) is 0 Å². The average Bonchev–Trinajstić information content (AvgIpc) is 3.81. The SMILES string of the molecule is c1ccc2cc3c(cc2c1)c1cccc2c1n3B1c3cccc4c5cccc6c7c8c(sc9ccccc98)c-2c1c7n(c34)c56. The van der Waals surface area contributed by atoms with Crippen LogP contribution < -0.4 is 10.9 Å². The highest BCUT2D eigenvalue weighted by molar-refractivity contribution is 7.26. The fraction of sp³-hybridized carbons (Fsp3) is 0. The van der Waals surface area contributed by atoms with Crippen molar-refractivity contribution in [2.45, 2.75) is 0 Å². The van der Waals surface area contributed by atoms with Gasteiger partial charge in [-0.1, -0.05) is 97.1 Å². The van der Waals surface area contributed by atoms with Crippen LogP contribution >= 0.6 is 11.3 Å². The summed E-state index contributed by atoms with van der Waals surface area (Å²) in [5, 5.41) is 13.6. The molecule has 0 radical (unpaired) electrons. The number of hydrogen-bond donors (Lipinski definition) is 0. The molecule has 11 aromatic rings. The maximum absolute atomic E-state index is 2.71. The molecule has 0 amide bonds. The van der Waals surface area contributed by atoms with E-state index in [2.05, 4.69) is 124 Å². The molecule has 6 heterocycles. The van der Waals surface area contributed by atoms with E-state index in [0.29, 0.717) is 0 Å². The number of benzene rings is 7. The van der Waals surface area contributed by atoms with Crippen molar-refractivity contribution in [3.8, 4) is 11.1 Å². The van der Waals surface area contributed by atoms with Gasteiger partial charge in [-0.05, 0) is 39.9 Å². The summed E-state index contributed by atoms with van der Waals surface area (Å²) < 4.78 is 8.16. The first kappa shape index (κ1) is 21.4. The molecular weight excluding hydrogens is 551 g/mol. The molecule has 7 aromatic carbocycles. The zero-order valence-electron chi connectivity index (χ0n) is 23.3. The van der Waals surface area contributed by atoms with Crippen LogP contribution in [0.3, 0.4) is 0 Å². The Morgan fingerprint density at radius 2 is 1.23 bits per heavy atom. The van der Waals surface area contributed by atoms with Gasteiger partial charge in [-0.2, -0.15) is 0 Å². The predicted molar refractivity (Wildman–Crippen MR) is 190 cm³/mol. The third kappa shape index (κ3) is 2.06. The lowest BCUT2D eigenvalue weighted by Gasteiger charge is -2.31. The monoisotopic (exact) mass is 570 g/mol. The molecule has 4 aromatic heterocycles. The van der Waals surface area contributed by atoms with E-state index in [4.69, 9.17) is 0 Å². The molecule has 2 aliphatic heterocycles. The number of nitrogens with zero attached hydrogens (tertiary/aromatic N) is 2. The highest BCUT2D eigenvalue weighted by Crippen LogP contribution is 2.52. The molecule has 0 unspecified atom stereocenters. The molecule has 0 aliphatic carbocycles. The Kier molecular flexibility index (Phi) is 3.28. The minimum atomic E-state index is 0.0963. The highest BCUT2D eigenvalue weighted by Gasteiger charge is 2.43. The molecule has 0 spiro atoms. The Bertz CT molecular complexity index is 3170. The topological polar surface area (TPSA) is 9.34 Å². The number of fused-ring (bicyclic) bond motifs is 14. The molecule has 198 valence electrons. The highest BCUT2D eigenvalue weighted by atomic mass is 32.1. The molecule has 0 bridgehead atoms. The van der Waals surface area contributed by atoms with Crippen LogP contribution in [0.25, 0.3) is 102 Å². The summed E-state index contributed by atoms with van der Waals surface area (Å²) in [5.41, 5.74) is 12.5. The summed E-state index contributed by atoms with van der Waals surface area (Å²) in [4.78, 5) is 0. The van der Waals surface area contributed by atoms with E-state index >= 15 is 0 Å². The average molecular weight is 570 g/mol. The van der Waals surface area contributed by atoms with Crippen LogP contribution in [0.1, 0.15) is 0 Å². The molecule has 4 heteroatoms. The van der Waals surface area contributed by atoms with E-state index in [1.165, 1.54) is 113 Å². The minimum Gasteiger partial charge on any atom is -0.375 e. The number of para-hydroxylation sites is 3. The zero-order chi connectivity index (χ0) is 28.0. The minimum absolute atomic E-state index is 0.0963. The maximum atomic E-state index is 2.71. The lowest BCUT2D eigenvalue weighted by atomic mass is 9.46. The van der Waals surface area contributed by atoms with Gasteiger partial charge in [0, 0.05) is 74.6 Å². The lowest BCUT2D eigenvalue weighted by molar-refractivity contribution is 1.31. The Hall–Kier alpha value is -5.32. The smallest absolute Gasteiger partial charge is 0.333 e. The van der Waals surface area contributed by atoms with Crippen LogP contribution in [0.15, 0.2) is 115 Å². The molecule has 2 aliphatic rings. The van der Waals surface area contributed by atoms with E-state index in [9.17, 15) is 0 Å². The number of rotatable bonds is 0. The summed E-state index contributed by atoms with van der Waals surface area (Å²) in [6.07, 6.45) is 0. The van der Waals surface area contributed by atoms with Gasteiger partial charge in [0.15, 0.2) is 0 Å². The third-order valence-corrected chi connectivity index (χ3v) is 12.1. The molecular formula is C40H19BN2S. The standard InChI is InChI=1S/C40H19BN2S/c1-2-9-21-19-30-28(18-20(21)8-1)24-12-6-15-27-34-35-39-32(33-25-10-3-4-17-31(25)44-40(33)34)26-14-5-11-22-23-13-7-16-29(38(23)42(39)36(22)26)41(35)43(30)37(24)27/h1-19H. The van der Waals surface area contributed by atoms with Crippen molar-refractivity contribution in [3.05, 3.63) is 115 Å². The second kappa shape index (κ2) is 6.75. The predicted octanol–water partition coefficient (Wildman–Crippen LogP) is 9.41. The van der Waals surface area contributed by atoms with E-state index in [1.807, 2.05) is 11.3 Å². The van der Waals surface area contributed by atoms with Crippen molar-refractivity contribution < 1.29 is 0 Å². The molecule has 0 N–H and O–H groups in total. The second-order valence-corrected chi connectivity index (χ2v) is 13.8. The Morgan fingerprint density at radius 1 is 0.523 bits per heavy atom. The van der Waals surface area contributed by atoms with Crippen molar-refractivity contribution >= 4 is 120 Å². The first-order valence-corrected chi connectivity index (χ1v) is 16.2. The normalized spacial score (nSPS) is 13.9. The Balaban J connectivity index is 1.41. The van der Waals surface area contributed by atoms with Gasteiger partial charge >= 0.3 is 6.85 Å². The van der Waals surface area contributed by atoms with Gasteiger partial charge in [0.05, 0.1) is 16.6 Å². The van der Waals surface area contributed by atoms with Crippen LogP contribution in [0.4, 0.5) is 0 Å². The van der Waals surface area contributed by atoms with Gasteiger partial charge < -0.3 is 8.88 Å². The molecule has 0 atom stereocenters. The van der Waals surface area contributed by atoms with E-state index in [1.54, 1.807) is 0 Å². The van der Waals surface area contributed by atoms with E-state index in [-0.39, 0.29) is 6.85 Å². The van der Waals surface area contributed by atoms with Crippen molar-refractivity contribution in [2.24, 2.45) is 0 Å². The molecule has 44 heavy (non-hydrogen) atoms. The summed E-state index contributed by atoms with van der Waals surface area (Å²) in [6, 6.07) is 43.8. The molecule has 13 rings (SSSR count). The van der Waals surface area contributed by atoms with Crippen molar-refractivity contribution in [1.29, 1.82) is 0 Å². The van der Waals surface area contributed by atoms with Crippen LogP contribution in [-0.4, -0.2) is 15.7 Å². The Morgan fingerprint density at radius 3 is 2.14 bits per heavy atom. The van der Waals surface area contributed by atoms with Crippen molar-refractivity contribution in [3.63, 3.8) is 0 Å². The Labute approximate surface area is 254 Å². The van der Waals surface area contributed by atoms with Crippen LogP contribution in [0.5, 0.6) is 0 Å². The van der Waals surface area contributed by atoms with E-state index in [0.717, 1.165) is 0 Å². The lowest BCUT2D eigenvalue weighted by Crippen LogP contribution is -2.53. The summed E-state index contributed by atoms with van der Waals surface area (Å²) in [5.74, 6) is 0. The maximum Gasteiger partial charge on any atom is 0.333 e. The van der Waals surface area contributed by atoms with Gasteiger partial charge in [-0.15, -0.1) is 11.3 Å². The number of aromatic nitrogens is 2. The molecule has 0 saturated heterocycles. The number of thiophene rings is 1. The van der Waals surface area contributed by atoms with Gasteiger partial charge in [0.25, 0.3) is 0 Å². The van der Waals surface area contributed by atoms with Crippen LogP contribution in [0, 0.1) is 0 Å². The van der Waals surface area contributed by atoms with Gasteiger partial charge in [0.2, 0.25) is 0 Å². The van der Waals surface area contributed by atoms with Crippen molar-refractivity contribution in [1.82, 2.24) is 8.88 Å². The van der Waals surface area contributed by atoms with Gasteiger partial charge in [-0.25, -0.2) is 0 Å². The quantitative estimate of drug-likeness (QED) is 0.161. The summed E-state index contributed by atoms with van der Waals surface area (Å²) >= 11 is 1.98. The summed E-state index contributed by atoms with van der Waals surface area (Å²) in [7, 11) is 0. The molecule has 0 saturated carbocycles. The molecule has 0 fully saturated rings. The second-order valence-electron chi connectivity index (χ2n) is 12.8. The fourth-order valence-corrected chi connectivity index (χ4v) is 10.7. The number of hydrogen-bond acceptors (Lipinski definition) is 1. The molecule has 2 nitrogen and oxygen atoms in total. The third-order valence-electron chi connectivity index (χ3n) is 11.0. The zero-order valence-corrected chi connectivity index (χ0v) is 24.2. The van der Waals surface area contributed by atoms with Gasteiger partial charge in [-0.3, -0.25) is 0 Å². The first-order valence-electron chi connectivity index (χ1n) is 15.4. The summed E-state index contributed by atoms with van der Waals surface area (Å²) in [6.45, 7) is 0.0963. The largest absolute Gasteiger partial charge is 0.375 e. The van der Waals surface area contributed by atoms with Crippen LogP contribution in [-0.2, 0) is 0 Å². The van der Waals surface area contributed by atoms with Crippen molar-refractivity contribution in [2.75, 3.05) is 0 Å². The fourth-order valence-electron chi connectivity index (χ4n) is 9.46.